The maximum atomic E-state index is 12.2. The summed E-state index contributed by atoms with van der Waals surface area (Å²) in [6, 6.07) is 9.08. The lowest BCUT2D eigenvalue weighted by Crippen LogP contribution is -2.31. The van der Waals surface area contributed by atoms with Crippen molar-refractivity contribution in [3.63, 3.8) is 0 Å². The van der Waals surface area contributed by atoms with E-state index in [1.807, 2.05) is 51.1 Å². The summed E-state index contributed by atoms with van der Waals surface area (Å²) in [6.45, 7) is 7.24. The molecule has 0 saturated carbocycles. The largest absolute Gasteiger partial charge is 0.458 e. The van der Waals surface area contributed by atoms with Crippen LogP contribution in [0.5, 0.6) is 0 Å². The molecule has 124 valence electrons. The van der Waals surface area contributed by atoms with Crippen molar-refractivity contribution < 1.29 is 9.53 Å². The molecule has 0 radical (unpaired) electrons. The minimum absolute atomic E-state index is 0.294. The number of esters is 1. The number of rotatable bonds is 5. The number of nitrogens with two attached hydrogens (primary N) is 1. The Morgan fingerprint density at radius 3 is 2.57 bits per heavy atom. The molecule has 0 bridgehead atoms. The second kappa shape index (κ2) is 6.91. The van der Waals surface area contributed by atoms with Gasteiger partial charge in [0.15, 0.2) is 0 Å². The lowest BCUT2D eigenvalue weighted by molar-refractivity contribution is -0.158. The van der Waals surface area contributed by atoms with E-state index in [2.05, 4.69) is 10.3 Å². The van der Waals surface area contributed by atoms with Crippen LogP contribution in [0.4, 0.5) is 0 Å². The van der Waals surface area contributed by atoms with Gasteiger partial charge < -0.3 is 10.5 Å². The predicted octanol–water partition coefficient (Wildman–Crippen LogP) is 2.42. The molecule has 1 unspecified atom stereocenters. The number of carbonyl (C=O) groups excluding carboxylic acids is 1. The fraction of sp³-hybridized carbons (Fsp3) is 0.471. The molecule has 1 heterocycles. The fourth-order valence-corrected chi connectivity index (χ4v) is 2.28. The quantitative estimate of drug-likeness (QED) is 0.857. The first-order chi connectivity index (χ1) is 10.8. The van der Waals surface area contributed by atoms with E-state index >= 15 is 0 Å². The Morgan fingerprint density at radius 2 is 1.96 bits per heavy atom. The van der Waals surface area contributed by atoms with Gasteiger partial charge in [0, 0.05) is 0 Å². The van der Waals surface area contributed by atoms with Crippen LogP contribution < -0.4 is 5.73 Å². The van der Waals surface area contributed by atoms with Crippen molar-refractivity contribution in [3.05, 3.63) is 47.8 Å². The maximum absolute atomic E-state index is 12.2. The summed E-state index contributed by atoms with van der Waals surface area (Å²) in [6.07, 6.45) is 2.25. The molecule has 1 aromatic carbocycles. The van der Waals surface area contributed by atoms with E-state index in [0.717, 1.165) is 5.56 Å². The lowest BCUT2D eigenvalue weighted by Gasteiger charge is -2.23. The molecular formula is C17H24N4O2. The van der Waals surface area contributed by atoms with E-state index in [0.29, 0.717) is 12.1 Å². The molecule has 0 aliphatic rings. The summed E-state index contributed by atoms with van der Waals surface area (Å²) in [4.78, 5) is 12.2. The Morgan fingerprint density at radius 1 is 1.30 bits per heavy atom. The Hall–Kier alpha value is -2.21. The molecule has 0 fully saturated rings. The number of hydrogen-bond donors (Lipinski definition) is 1. The van der Waals surface area contributed by atoms with Gasteiger partial charge >= 0.3 is 5.97 Å². The molecule has 2 atom stereocenters. The lowest BCUT2D eigenvalue weighted by atomic mass is 10.0. The van der Waals surface area contributed by atoms with Crippen molar-refractivity contribution >= 4 is 5.97 Å². The minimum Gasteiger partial charge on any atom is -0.458 e. The standard InChI is InChI=1S/C17H24N4O2/c1-12(16(22)23-17(2,3)4)21-15(11-19-20-21)14(18)10-13-8-6-5-7-9-13/h5-9,11-12,14H,10,18H2,1-4H3/t12?,14-/m0/s1. The van der Waals surface area contributed by atoms with Crippen LogP contribution in [0.1, 0.15) is 51.0 Å². The molecule has 2 aromatic rings. The maximum Gasteiger partial charge on any atom is 0.331 e. The summed E-state index contributed by atoms with van der Waals surface area (Å²) in [5, 5.41) is 7.93. The molecule has 2 N–H and O–H groups in total. The van der Waals surface area contributed by atoms with Crippen LogP contribution in [0.3, 0.4) is 0 Å². The van der Waals surface area contributed by atoms with Gasteiger partial charge in [-0.05, 0) is 39.7 Å². The Balaban J connectivity index is 2.13. The highest BCUT2D eigenvalue weighted by molar-refractivity contribution is 5.74. The van der Waals surface area contributed by atoms with Crippen molar-refractivity contribution in [2.45, 2.75) is 51.8 Å². The van der Waals surface area contributed by atoms with E-state index in [4.69, 9.17) is 10.5 Å². The normalized spacial score (nSPS) is 14.3. The van der Waals surface area contributed by atoms with Crippen molar-refractivity contribution in [2.24, 2.45) is 5.73 Å². The van der Waals surface area contributed by atoms with Crippen LogP contribution >= 0.6 is 0 Å². The zero-order chi connectivity index (χ0) is 17.0. The van der Waals surface area contributed by atoms with E-state index in [-0.39, 0.29) is 12.0 Å². The topological polar surface area (TPSA) is 83.0 Å². The SMILES string of the molecule is CC(C(=O)OC(C)(C)C)n1nncc1[C@@H](N)Cc1ccccc1. The van der Waals surface area contributed by atoms with Crippen LogP contribution in [0, 0.1) is 0 Å². The molecule has 1 aromatic heterocycles. The first-order valence-corrected chi connectivity index (χ1v) is 7.70. The second-order valence-corrected chi connectivity index (χ2v) is 6.61. The van der Waals surface area contributed by atoms with Crippen LogP contribution in [0.15, 0.2) is 36.5 Å². The molecule has 6 heteroatoms. The molecular weight excluding hydrogens is 292 g/mol. The van der Waals surface area contributed by atoms with Gasteiger partial charge in [0.1, 0.15) is 11.6 Å². The molecule has 23 heavy (non-hydrogen) atoms. The molecule has 0 aliphatic heterocycles. The Bertz CT molecular complexity index is 646. The fourth-order valence-electron chi connectivity index (χ4n) is 2.28. The third-order valence-electron chi connectivity index (χ3n) is 3.40. The summed E-state index contributed by atoms with van der Waals surface area (Å²) in [5.41, 5.74) is 7.58. The molecule has 0 spiro atoms. The summed E-state index contributed by atoms with van der Waals surface area (Å²) in [7, 11) is 0. The van der Waals surface area contributed by atoms with Crippen molar-refractivity contribution in [2.75, 3.05) is 0 Å². The van der Waals surface area contributed by atoms with E-state index in [1.165, 1.54) is 0 Å². The van der Waals surface area contributed by atoms with Crippen LogP contribution in [0.25, 0.3) is 0 Å². The van der Waals surface area contributed by atoms with Gasteiger partial charge in [-0.25, -0.2) is 9.48 Å². The van der Waals surface area contributed by atoms with Gasteiger partial charge in [0.2, 0.25) is 0 Å². The number of hydrogen-bond acceptors (Lipinski definition) is 5. The minimum atomic E-state index is -0.575. The number of benzene rings is 1. The second-order valence-electron chi connectivity index (χ2n) is 6.61. The molecule has 0 amide bonds. The van der Waals surface area contributed by atoms with E-state index < -0.39 is 11.6 Å². The monoisotopic (exact) mass is 316 g/mol. The Labute approximate surface area is 136 Å². The van der Waals surface area contributed by atoms with Gasteiger partial charge in [-0.1, -0.05) is 35.5 Å². The van der Waals surface area contributed by atoms with Crippen molar-refractivity contribution in [1.29, 1.82) is 0 Å². The first kappa shape index (κ1) is 17.1. The summed E-state index contributed by atoms with van der Waals surface area (Å²) < 4.78 is 6.95. The zero-order valence-electron chi connectivity index (χ0n) is 14.1. The highest BCUT2D eigenvalue weighted by Gasteiger charge is 2.26. The summed E-state index contributed by atoms with van der Waals surface area (Å²) in [5.74, 6) is -0.351. The van der Waals surface area contributed by atoms with E-state index in [1.54, 1.807) is 17.8 Å². The van der Waals surface area contributed by atoms with Gasteiger partial charge in [0.05, 0.1) is 17.9 Å². The van der Waals surface area contributed by atoms with Crippen molar-refractivity contribution in [3.8, 4) is 0 Å². The van der Waals surface area contributed by atoms with Gasteiger partial charge in [-0.3, -0.25) is 0 Å². The molecule has 0 saturated heterocycles. The molecule has 0 aliphatic carbocycles. The number of ether oxygens (including phenoxy) is 1. The highest BCUT2D eigenvalue weighted by atomic mass is 16.6. The zero-order valence-corrected chi connectivity index (χ0v) is 14.1. The van der Waals surface area contributed by atoms with Crippen LogP contribution in [0.2, 0.25) is 0 Å². The Kier molecular flexibility index (Phi) is 5.15. The highest BCUT2D eigenvalue weighted by Crippen LogP contribution is 2.20. The smallest absolute Gasteiger partial charge is 0.331 e. The third kappa shape index (κ3) is 4.63. The predicted molar refractivity (Wildman–Crippen MR) is 87.7 cm³/mol. The van der Waals surface area contributed by atoms with Crippen molar-refractivity contribution in [1.82, 2.24) is 15.0 Å². The average Bonchev–Trinajstić information content (AvgIpc) is 2.95. The molecule has 2 rings (SSSR count). The van der Waals surface area contributed by atoms with E-state index in [9.17, 15) is 4.79 Å². The summed E-state index contributed by atoms with van der Waals surface area (Å²) >= 11 is 0. The average molecular weight is 316 g/mol. The van der Waals surface area contributed by atoms with Crippen LogP contribution in [-0.4, -0.2) is 26.6 Å². The number of nitrogens with zero attached hydrogens (tertiary/aromatic N) is 3. The number of aromatic nitrogens is 3. The van der Waals surface area contributed by atoms with Gasteiger partial charge in [0.25, 0.3) is 0 Å². The molecule has 6 nitrogen and oxygen atoms in total. The first-order valence-electron chi connectivity index (χ1n) is 7.70. The number of carbonyl (C=O) groups is 1. The van der Waals surface area contributed by atoms with Crippen LogP contribution in [-0.2, 0) is 16.0 Å². The van der Waals surface area contributed by atoms with Gasteiger partial charge in [-0.2, -0.15) is 0 Å². The van der Waals surface area contributed by atoms with Gasteiger partial charge in [-0.15, -0.1) is 5.10 Å². The third-order valence-corrected chi connectivity index (χ3v) is 3.40.